The standard InChI is InChI=1S/C28H30N2O5/c31-26(29-24-17-12-11-16(13-17)23(24)27(32)33)25(15-9-10-15)30-28(34)35-14-22-20-7-3-1-5-18(20)19-6-2-4-8-21(19)22/h1-8,15-17,22-25H,9-14H2,(H,29,31)(H,30,34)(H,32,33). The Morgan fingerprint density at radius 1 is 0.914 bits per heavy atom. The summed E-state index contributed by atoms with van der Waals surface area (Å²) in [6.07, 6.45) is 3.84. The molecule has 0 radical (unpaired) electrons. The molecule has 35 heavy (non-hydrogen) atoms. The molecule has 2 aromatic carbocycles. The molecule has 2 bridgehead atoms. The number of ether oxygens (including phenoxy) is 1. The van der Waals surface area contributed by atoms with Gasteiger partial charge in [0.25, 0.3) is 0 Å². The highest BCUT2D eigenvalue weighted by Gasteiger charge is 2.52. The van der Waals surface area contributed by atoms with Crippen molar-refractivity contribution in [2.75, 3.05) is 6.61 Å². The fraction of sp³-hybridized carbons (Fsp3) is 0.464. The van der Waals surface area contributed by atoms with Gasteiger partial charge in [-0.25, -0.2) is 4.79 Å². The molecule has 7 heteroatoms. The molecule has 0 heterocycles. The number of carboxylic acids is 1. The van der Waals surface area contributed by atoms with Crippen LogP contribution in [0.25, 0.3) is 11.1 Å². The lowest BCUT2D eigenvalue weighted by Gasteiger charge is -2.30. The van der Waals surface area contributed by atoms with Crippen LogP contribution in [0, 0.1) is 23.7 Å². The number of hydrogen-bond donors (Lipinski definition) is 3. The lowest BCUT2D eigenvalue weighted by atomic mass is 9.84. The molecule has 4 aliphatic carbocycles. The lowest BCUT2D eigenvalue weighted by molar-refractivity contribution is -0.144. The lowest BCUT2D eigenvalue weighted by Crippen LogP contribution is -2.54. The highest BCUT2D eigenvalue weighted by molar-refractivity contribution is 5.87. The molecule has 4 aliphatic rings. The molecule has 6 rings (SSSR count). The molecule has 5 unspecified atom stereocenters. The quantitative estimate of drug-likeness (QED) is 0.564. The number of carbonyl (C=O) groups excluding carboxylic acids is 2. The fourth-order valence-electron chi connectivity index (χ4n) is 6.70. The smallest absolute Gasteiger partial charge is 0.407 e. The highest BCUT2D eigenvalue weighted by Crippen LogP contribution is 2.49. The monoisotopic (exact) mass is 474 g/mol. The topological polar surface area (TPSA) is 105 Å². The van der Waals surface area contributed by atoms with E-state index in [2.05, 4.69) is 34.9 Å². The average Bonchev–Trinajstić information content (AvgIpc) is 3.37. The van der Waals surface area contributed by atoms with Gasteiger partial charge in [-0.2, -0.15) is 0 Å². The van der Waals surface area contributed by atoms with E-state index in [4.69, 9.17) is 4.74 Å². The third-order valence-electron chi connectivity index (χ3n) is 8.50. The van der Waals surface area contributed by atoms with Crippen LogP contribution >= 0.6 is 0 Å². The van der Waals surface area contributed by atoms with Crippen molar-refractivity contribution >= 4 is 18.0 Å². The van der Waals surface area contributed by atoms with Gasteiger partial charge in [0, 0.05) is 12.0 Å². The molecular weight excluding hydrogens is 444 g/mol. The van der Waals surface area contributed by atoms with Crippen molar-refractivity contribution in [2.45, 2.75) is 50.1 Å². The summed E-state index contributed by atoms with van der Waals surface area (Å²) in [5.74, 6) is -1.30. The van der Waals surface area contributed by atoms with Gasteiger partial charge in [0.05, 0.1) is 5.92 Å². The second-order valence-electron chi connectivity index (χ2n) is 10.5. The molecule has 7 nitrogen and oxygen atoms in total. The number of aliphatic carboxylic acids is 1. The van der Waals surface area contributed by atoms with Gasteiger partial charge in [0.1, 0.15) is 12.6 Å². The molecule has 0 aliphatic heterocycles. The summed E-state index contributed by atoms with van der Waals surface area (Å²) in [5.41, 5.74) is 4.58. The summed E-state index contributed by atoms with van der Waals surface area (Å²) < 4.78 is 5.65. The predicted octanol–water partition coefficient (Wildman–Crippen LogP) is 3.92. The van der Waals surface area contributed by atoms with Crippen LogP contribution in [-0.4, -0.2) is 41.8 Å². The summed E-state index contributed by atoms with van der Waals surface area (Å²) in [6.45, 7) is 0.187. The Kier molecular flexibility index (Phi) is 5.50. The van der Waals surface area contributed by atoms with E-state index in [0.29, 0.717) is 0 Å². The number of amides is 2. The van der Waals surface area contributed by atoms with Gasteiger partial charge >= 0.3 is 12.1 Å². The first-order valence-electron chi connectivity index (χ1n) is 12.7. The first-order valence-corrected chi connectivity index (χ1v) is 12.7. The minimum Gasteiger partial charge on any atom is -0.481 e. The van der Waals surface area contributed by atoms with Crippen LogP contribution in [0.5, 0.6) is 0 Å². The van der Waals surface area contributed by atoms with Crippen molar-refractivity contribution in [2.24, 2.45) is 23.7 Å². The number of carboxylic acid groups (broad SMARTS) is 1. The maximum absolute atomic E-state index is 13.2. The molecule has 0 saturated heterocycles. The van der Waals surface area contributed by atoms with Crippen LogP contribution in [0.2, 0.25) is 0 Å². The number of alkyl carbamates (subject to hydrolysis) is 1. The largest absolute Gasteiger partial charge is 0.481 e. The van der Waals surface area contributed by atoms with Crippen LogP contribution in [0.1, 0.15) is 49.1 Å². The Labute approximate surface area is 204 Å². The van der Waals surface area contributed by atoms with Crippen LogP contribution in [-0.2, 0) is 14.3 Å². The second kappa shape index (κ2) is 8.70. The van der Waals surface area contributed by atoms with Gasteiger partial charge in [-0.3, -0.25) is 9.59 Å². The molecule has 5 atom stereocenters. The van der Waals surface area contributed by atoms with Gasteiger partial charge in [-0.1, -0.05) is 48.5 Å². The molecule has 2 amide bonds. The molecule has 182 valence electrons. The van der Waals surface area contributed by atoms with Crippen molar-refractivity contribution in [1.29, 1.82) is 0 Å². The first-order chi connectivity index (χ1) is 17.0. The molecule has 0 aromatic heterocycles. The molecule has 3 N–H and O–H groups in total. The normalized spacial score (nSPS) is 27.1. The number of rotatable bonds is 7. The number of benzene rings is 2. The zero-order valence-corrected chi connectivity index (χ0v) is 19.5. The Morgan fingerprint density at radius 3 is 2.17 bits per heavy atom. The van der Waals surface area contributed by atoms with E-state index in [1.54, 1.807) is 0 Å². The Bertz CT molecular complexity index is 1130. The molecule has 0 spiro atoms. The minimum absolute atomic E-state index is 0.0493. The average molecular weight is 475 g/mol. The van der Waals surface area contributed by atoms with Crippen LogP contribution in [0.3, 0.4) is 0 Å². The number of nitrogens with one attached hydrogen (secondary N) is 2. The molecule has 2 aromatic rings. The van der Waals surface area contributed by atoms with Gasteiger partial charge < -0.3 is 20.5 Å². The second-order valence-corrected chi connectivity index (χ2v) is 10.5. The zero-order valence-electron chi connectivity index (χ0n) is 19.5. The van der Waals surface area contributed by atoms with E-state index < -0.39 is 24.0 Å². The third-order valence-corrected chi connectivity index (χ3v) is 8.50. The SMILES string of the molecule is O=C(NC(C(=O)NC1C2CCC(C2)C1C(=O)O)C1CC1)OCC1c2ccccc2-c2ccccc21. The van der Waals surface area contributed by atoms with E-state index in [1.807, 2.05) is 24.3 Å². The summed E-state index contributed by atoms with van der Waals surface area (Å²) in [4.78, 5) is 37.8. The first kappa shape index (κ1) is 22.1. The summed E-state index contributed by atoms with van der Waals surface area (Å²) in [6, 6.07) is 15.3. The molecule has 3 fully saturated rings. The van der Waals surface area contributed by atoms with E-state index in [0.717, 1.165) is 54.4 Å². The maximum Gasteiger partial charge on any atom is 0.407 e. The van der Waals surface area contributed by atoms with Crippen LogP contribution < -0.4 is 10.6 Å². The number of hydrogen-bond acceptors (Lipinski definition) is 4. The van der Waals surface area contributed by atoms with Gasteiger partial charge in [-0.05, 0) is 72.1 Å². The molecule has 3 saturated carbocycles. The van der Waals surface area contributed by atoms with E-state index in [9.17, 15) is 19.5 Å². The van der Waals surface area contributed by atoms with Gasteiger partial charge in [-0.15, -0.1) is 0 Å². The number of fused-ring (bicyclic) bond motifs is 5. The van der Waals surface area contributed by atoms with E-state index in [1.165, 1.54) is 0 Å². The Balaban J connectivity index is 1.11. The van der Waals surface area contributed by atoms with Gasteiger partial charge in [0.2, 0.25) is 5.91 Å². The van der Waals surface area contributed by atoms with Crippen molar-refractivity contribution in [3.05, 3.63) is 59.7 Å². The Morgan fingerprint density at radius 2 is 1.54 bits per heavy atom. The van der Waals surface area contributed by atoms with Crippen molar-refractivity contribution in [1.82, 2.24) is 10.6 Å². The van der Waals surface area contributed by atoms with Crippen LogP contribution in [0.4, 0.5) is 4.79 Å². The summed E-state index contributed by atoms with van der Waals surface area (Å²) in [7, 11) is 0. The van der Waals surface area contributed by atoms with E-state index in [-0.39, 0.29) is 42.2 Å². The maximum atomic E-state index is 13.2. The van der Waals surface area contributed by atoms with Crippen LogP contribution in [0.15, 0.2) is 48.5 Å². The Hall–Kier alpha value is -3.35. The minimum atomic E-state index is -0.838. The third kappa shape index (κ3) is 3.97. The van der Waals surface area contributed by atoms with Crippen molar-refractivity contribution in [3.63, 3.8) is 0 Å². The van der Waals surface area contributed by atoms with Crippen molar-refractivity contribution < 1.29 is 24.2 Å². The number of carbonyl (C=O) groups is 3. The van der Waals surface area contributed by atoms with Gasteiger partial charge in [0.15, 0.2) is 0 Å². The fourth-order valence-corrected chi connectivity index (χ4v) is 6.70. The highest BCUT2D eigenvalue weighted by atomic mass is 16.5. The van der Waals surface area contributed by atoms with Crippen molar-refractivity contribution in [3.8, 4) is 11.1 Å². The summed E-state index contributed by atoms with van der Waals surface area (Å²) >= 11 is 0. The predicted molar refractivity (Wildman–Crippen MR) is 129 cm³/mol. The summed E-state index contributed by atoms with van der Waals surface area (Å²) in [5, 5.41) is 15.5. The van der Waals surface area contributed by atoms with E-state index >= 15 is 0 Å². The zero-order chi connectivity index (χ0) is 24.1. The molecular formula is C28H30N2O5.